The normalized spacial score (nSPS) is 10.4. The predicted octanol–water partition coefficient (Wildman–Crippen LogP) is 5.22. The fraction of sp³-hybridized carbons (Fsp3) is 0. The Balaban J connectivity index is 2.69. The fourth-order valence-corrected chi connectivity index (χ4v) is 2.61. The van der Waals surface area contributed by atoms with Crippen molar-refractivity contribution in [2.75, 3.05) is 5.32 Å². The van der Waals surface area contributed by atoms with Crippen molar-refractivity contribution in [2.45, 2.75) is 0 Å². The van der Waals surface area contributed by atoms with E-state index in [2.05, 4.69) is 21.2 Å². The number of nitrogens with zero attached hydrogens (tertiary/aromatic N) is 3. The van der Waals surface area contributed by atoms with Crippen LogP contribution in [0, 0.1) is 30.3 Å². The molecule has 1 N–H and O–H groups in total. The molecule has 0 heterocycles. The van der Waals surface area contributed by atoms with Crippen molar-refractivity contribution in [1.82, 2.24) is 0 Å². The van der Waals surface area contributed by atoms with E-state index in [-0.39, 0.29) is 15.7 Å². The fourth-order valence-electron chi connectivity index (χ4n) is 1.89. The molecule has 25 heavy (non-hydrogen) atoms. The number of non-ortho nitro benzene ring substituents is 1. The summed E-state index contributed by atoms with van der Waals surface area (Å²) in [5.41, 5.74) is -2.86. The van der Waals surface area contributed by atoms with Crippen LogP contribution < -0.4 is 5.32 Å². The second kappa shape index (κ2) is 7.17. The Kier molecular flexibility index (Phi) is 5.40. The molecule has 0 spiro atoms. The summed E-state index contributed by atoms with van der Waals surface area (Å²) in [6.45, 7) is 0. The molecular weight excluding hydrogens is 447 g/mol. The maximum absolute atomic E-state index is 11.2. The molecule has 0 saturated heterocycles. The molecule has 0 aromatic heterocycles. The Morgan fingerprint density at radius 3 is 1.64 bits per heavy atom. The van der Waals surface area contributed by atoms with Crippen molar-refractivity contribution in [2.24, 2.45) is 0 Å². The van der Waals surface area contributed by atoms with Crippen LogP contribution in [0.4, 0.5) is 28.4 Å². The first-order valence-corrected chi connectivity index (χ1v) is 7.69. The van der Waals surface area contributed by atoms with E-state index in [0.717, 1.165) is 0 Å². The Morgan fingerprint density at radius 1 is 0.840 bits per heavy atom. The number of rotatable bonds is 5. The monoisotopic (exact) mass is 450 g/mol. The summed E-state index contributed by atoms with van der Waals surface area (Å²) < 4.78 is 0.370. The van der Waals surface area contributed by atoms with Gasteiger partial charge in [-0.3, -0.25) is 30.3 Å². The van der Waals surface area contributed by atoms with E-state index < -0.39 is 37.5 Å². The predicted molar refractivity (Wildman–Crippen MR) is 93.8 cm³/mol. The number of nitrogens with one attached hydrogen (secondary N) is 1. The summed E-state index contributed by atoms with van der Waals surface area (Å²) in [4.78, 5) is 30.4. The molecule has 2 aromatic rings. The average Bonchev–Trinajstić information content (AvgIpc) is 2.51. The lowest BCUT2D eigenvalue weighted by Gasteiger charge is -2.10. The summed E-state index contributed by atoms with van der Waals surface area (Å²) in [7, 11) is 0. The van der Waals surface area contributed by atoms with Crippen molar-refractivity contribution in [3.63, 3.8) is 0 Å². The molecule has 2 rings (SSSR count). The largest absolute Gasteiger partial charge is 0.344 e. The van der Waals surface area contributed by atoms with Crippen LogP contribution in [0.25, 0.3) is 0 Å². The van der Waals surface area contributed by atoms with Crippen LogP contribution in [0.1, 0.15) is 0 Å². The van der Waals surface area contributed by atoms with E-state index in [9.17, 15) is 30.3 Å². The number of hydrogen-bond donors (Lipinski definition) is 1. The molecule has 0 bridgehead atoms. The molecule has 0 aliphatic carbocycles. The first-order valence-electron chi connectivity index (χ1n) is 6.14. The molecule has 0 aliphatic heterocycles. The van der Waals surface area contributed by atoms with Crippen LogP contribution in [0.2, 0.25) is 10.0 Å². The highest BCUT2D eigenvalue weighted by Crippen LogP contribution is 2.41. The quantitative estimate of drug-likeness (QED) is 0.372. The lowest BCUT2D eigenvalue weighted by Crippen LogP contribution is -2.03. The first kappa shape index (κ1) is 18.8. The van der Waals surface area contributed by atoms with Gasteiger partial charge in [0.1, 0.15) is 0 Å². The summed E-state index contributed by atoms with van der Waals surface area (Å²) in [6, 6.07) is 3.90. The molecule has 0 unspecified atom stereocenters. The molecular formula is C12H5BrCl2N4O6. The lowest BCUT2D eigenvalue weighted by atomic mass is 10.2. The molecule has 0 radical (unpaired) electrons. The highest BCUT2D eigenvalue weighted by molar-refractivity contribution is 9.10. The molecule has 0 atom stereocenters. The van der Waals surface area contributed by atoms with Gasteiger partial charge < -0.3 is 5.32 Å². The van der Waals surface area contributed by atoms with Crippen LogP contribution in [-0.2, 0) is 0 Å². The molecule has 130 valence electrons. The highest BCUT2D eigenvalue weighted by Gasteiger charge is 2.30. The zero-order valence-electron chi connectivity index (χ0n) is 11.7. The molecule has 13 heteroatoms. The van der Waals surface area contributed by atoms with E-state index in [1.165, 1.54) is 12.1 Å². The van der Waals surface area contributed by atoms with E-state index in [1.807, 2.05) is 0 Å². The number of nitro benzene ring substituents is 3. The van der Waals surface area contributed by atoms with Crippen LogP contribution >= 0.6 is 39.1 Å². The van der Waals surface area contributed by atoms with Gasteiger partial charge in [0.05, 0.1) is 41.4 Å². The van der Waals surface area contributed by atoms with Crippen LogP contribution in [-0.4, -0.2) is 14.8 Å². The van der Waals surface area contributed by atoms with Crippen molar-refractivity contribution in [3.8, 4) is 0 Å². The number of benzene rings is 2. The highest BCUT2D eigenvalue weighted by atomic mass is 79.9. The number of anilines is 2. The van der Waals surface area contributed by atoms with Gasteiger partial charge in [0, 0.05) is 5.69 Å². The van der Waals surface area contributed by atoms with Gasteiger partial charge in [-0.1, -0.05) is 23.2 Å². The molecule has 2 aromatic carbocycles. The first-order chi connectivity index (χ1) is 11.6. The third kappa shape index (κ3) is 3.95. The second-order valence-corrected chi connectivity index (χ2v) is 6.12. The molecule has 10 nitrogen and oxygen atoms in total. The standard InChI is InChI=1S/C12H5BrCl2N4O6/c13-11-7(14)1-5(2-8(11)15)16-12-9(18(22)23)3-6(17(20)21)4-10(12)19(24)25/h1-4,16H. The molecule has 0 fully saturated rings. The minimum atomic E-state index is -0.968. The van der Waals surface area contributed by atoms with E-state index in [0.29, 0.717) is 16.6 Å². The molecule has 0 amide bonds. The molecule has 0 aliphatic rings. The third-order valence-electron chi connectivity index (χ3n) is 2.94. The summed E-state index contributed by atoms with van der Waals surface area (Å²) >= 11 is 15.0. The number of halogens is 3. The van der Waals surface area contributed by atoms with Crippen molar-refractivity contribution < 1.29 is 14.8 Å². The second-order valence-electron chi connectivity index (χ2n) is 4.51. The van der Waals surface area contributed by atoms with E-state index in [1.54, 1.807) is 0 Å². The summed E-state index contributed by atoms with van der Waals surface area (Å²) in [5.74, 6) is 0. The Labute approximate surface area is 156 Å². The Bertz CT molecular complexity index is 864. The van der Waals surface area contributed by atoms with Gasteiger partial charge in [-0.25, -0.2) is 0 Å². The maximum atomic E-state index is 11.2. The van der Waals surface area contributed by atoms with Gasteiger partial charge in [-0.05, 0) is 28.1 Å². The van der Waals surface area contributed by atoms with Crippen molar-refractivity contribution in [1.29, 1.82) is 0 Å². The Morgan fingerprint density at radius 2 is 1.28 bits per heavy atom. The van der Waals surface area contributed by atoms with Gasteiger partial charge in [-0.2, -0.15) is 0 Å². The maximum Gasteiger partial charge on any atom is 0.306 e. The summed E-state index contributed by atoms with van der Waals surface area (Å²) in [5, 5.41) is 36.1. The third-order valence-corrected chi connectivity index (χ3v) is 4.85. The van der Waals surface area contributed by atoms with Crippen LogP contribution in [0.3, 0.4) is 0 Å². The Hall–Kier alpha value is -2.50. The van der Waals surface area contributed by atoms with E-state index >= 15 is 0 Å². The van der Waals surface area contributed by atoms with Crippen molar-refractivity contribution in [3.05, 3.63) is 69.1 Å². The van der Waals surface area contributed by atoms with Gasteiger partial charge in [-0.15, -0.1) is 0 Å². The average molecular weight is 452 g/mol. The minimum Gasteiger partial charge on any atom is -0.344 e. The minimum absolute atomic E-state index is 0.123. The number of nitro groups is 3. The zero-order valence-corrected chi connectivity index (χ0v) is 14.8. The SMILES string of the molecule is O=[N+]([O-])c1cc([N+](=O)[O-])c(Nc2cc(Cl)c(Br)c(Cl)c2)c([N+](=O)[O-])c1. The van der Waals surface area contributed by atoms with Gasteiger partial charge in [0.15, 0.2) is 5.69 Å². The van der Waals surface area contributed by atoms with Crippen LogP contribution in [0.5, 0.6) is 0 Å². The molecule has 0 saturated carbocycles. The van der Waals surface area contributed by atoms with Gasteiger partial charge in [0.2, 0.25) is 0 Å². The number of hydrogen-bond acceptors (Lipinski definition) is 7. The zero-order chi connectivity index (χ0) is 18.9. The van der Waals surface area contributed by atoms with Gasteiger partial charge in [0.25, 0.3) is 5.69 Å². The van der Waals surface area contributed by atoms with Gasteiger partial charge >= 0.3 is 11.4 Å². The summed E-state index contributed by atoms with van der Waals surface area (Å²) in [6.07, 6.45) is 0. The smallest absolute Gasteiger partial charge is 0.306 e. The van der Waals surface area contributed by atoms with E-state index in [4.69, 9.17) is 23.2 Å². The topological polar surface area (TPSA) is 141 Å². The van der Waals surface area contributed by atoms with Crippen molar-refractivity contribution >= 4 is 67.6 Å². The van der Waals surface area contributed by atoms with Crippen LogP contribution in [0.15, 0.2) is 28.7 Å². The lowest BCUT2D eigenvalue weighted by molar-refractivity contribution is -0.401.